The van der Waals surface area contributed by atoms with Gasteiger partial charge in [0.15, 0.2) is 0 Å². The van der Waals surface area contributed by atoms with Crippen molar-refractivity contribution in [3.8, 4) is 0 Å². The van der Waals surface area contributed by atoms with Crippen LogP contribution in [0.4, 0.5) is 11.4 Å². The highest BCUT2D eigenvalue weighted by molar-refractivity contribution is 6.02. The predicted molar refractivity (Wildman–Crippen MR) is 79.8 cm³/mol. The van der Waals surface area contributed by atoms with Gasteiger partial charge in [-0.3, -0.25) is 9.59 Å². The second kappa shape index (κ2) is 7.05. The number of para-hydroxylation sites is 2. The molecule has 0 aromatic heterocycles. The number of rotatable bonds is 6. The zero-order chi connectivity index (χ0) is 14.4. The van der Waals surface area contributed by atoms with Gasteiger partial charge in [0.2, 0.25) is 11.8 Å². The number of nitrogens with zero attached hydrogens (tertiary/aromatic N) is 1. The van der Waals surface area contributed by atoms with Crippen molar-refractivity contribution in [2.45, 2.75) is 26.2 Å². The summed E-state index contributed by atoms with van der Waals surface area (Å²) in [5, 5.41) is 6.01. The van der Waals surface area contributed by atoms with Gasteiger partial charge in [0, 0.05) is 25.9 Å². The smallest absolute Gasteiger partial charge is 0.227 e. The molecule has 0 radical (unpaired) electrons. The third-order valence-electron chi connectivity index (χ3n) is 3.32. The number of anilines is 2. The normalized spacial score (nSPS) is 14.7. The fourth-order valence-electron chi connectivity index (χ4n) is 2.31. The highest BCUT2D eigenvalue weighted by atomic mass is 16.2. The molecule has 1 heterocycles. The highest BCUT2D eigenvalue weighted by Crippen LogP contribution is 2.29. The lowest BCUT2D eigenvalue weighted by Gasteiger charge is -2.20. The molecule has 108 valence electrons. The number of benzene rings is 1. The summed E-state index contributed by atoms with van der Waals surface area (Å²) in [6.07, 6.45) is 1.89. The Morgan fingerprint density at radius 2 is 2.15 bits per heavy atom. The number of hydrogen-bond acceptors (Lipinski definition) is 3. The van der Waals surface area contributed by atoms with E-state index in [1.165, 1.54) is 0 Å². The maximum atomic E-state index is 11.9. The van der Waals surface area contributed by atoms with E-state index in [0.29, 0.717) is 25.1 Å². The first-order chi connectivity index (χ1) is 9.72. The Hall–Kier alpha value is -1.88. The molecule has 0 aliphatic carbocycles. The Bertz CT molecular complexity index is 488. The lowest BCUT2D eigenvalue weighted by Crippen LogP contribution is -2.26. The average molecular weight is 275 g/mol. The van der Waals surface area contributed by atoms with Gasteiger partial charge in [0.05, 0.1) is 11.4 Å². The fraction of sp³-hybridized carbons (Fsp3) is 0.467. The van der Waals surface area contributed by atoms with Crippen LogP contribution < -0.4 is 15.5 Å². The van der Waals surface area contributed by atoms with E-state index in [-0.39, 0.29) is 11.8 Å². The zero-order valence-electron chi connectivity index (χ0n) is 11.8. The predicted octanol–water partition coefficient (Wildman–Crippen LogP) is 1.75. The second-order valence-electron chi connectivity index (χ2n) is 4.82. The molecule has 1 aromatic rings. The number of hydrogen-bond donors (Lipinski definition) is 2. The summed E-state index contributed by atoms with van der Waals surface area (Å²) >= 11 is 0. The molecule has 5 nitrogen and oxygen atoms in total. The zero-order valence-corrected chi connectivity index (χ0v) is 11.8. The number of carbonyl (C=O) groups is 2. The van der Waals surface area contributed by atoms with E-state index in [4.69, 9.17) is 0 Å². The molecule has 0 atom stereocenters. The molecule has 2 amide bonds. The molecule has 1 fully saturated rings. The summed E-state index contributed by atoms with van der Waals surface area (Å²) in [5.41, 5.74) is 1.51. The van der Waals surface area contributed by atoms with Gasteiger partial charge in [-0.15, -0.1) is 0 Å². The summed E-state index contributed by atoms with van der Waals surface area (Å²) in [6, 6.07) is 7.47. The van der Waals surface area contributed by atoms with E-state index in [1.807, 2.05) is 31.2 Å². The topological polar surface area (TPSA) is 61.4 Å². The molecule has 20 heavy (non-hydrogen) atoms. The number of carbonyl (C=O) groups excluding carboxylic acids is 2. The van der Waals surface area contributed by atoms with E-state index >= 15 is 0 Å². The SMILES string of the molecule is CCNCCC(=O)Nc1ccccc1N1CCCC1=O. The third kappa shape index (κ3) is 3.57. The van der Waals surface area contributed by atoms with Gasteiger partial charge in [-0.05, 0) is 25.1 Å². The van der Waals surface area contributed by atoms with Crippen molar-refractivity contribution in [3.63, 3.8) is 0 Å². The Labute approximate surface area is 119 Å². The number of nitrogens with one attached hydrogen (secondary N) is 2. The van der Waals surface area contributed by atoms with Crippen LogP contribution in [0, 0.1) is 0 Å². The van der Waals surface area contributed by atoms with Crippen LogP contribution in [-0.2, 0) is 9.59 Å². The molecule has 1 saturated heterocycles. The minimum absolute atomic E-state index is 0.0370. The van der Waals surface area contributed by atoms with Crippen LogP contribution in [0.3, 0.4) is 0 Å². The lowest BCUT2D eigenvalue weighted by molar-refractivity contribution is -0.117. The molecule has 0 spiro atoms. The molecule has 5 heteroatoms. The van der Waals surface area contributed by atoms with E-state index in [1.54, 1.807) is 4.90 Å². The van der Waals surface area contributed by atoms with E-state index in [0.717, 1.165) is 25.2 Å². The van der Waals surface area contributed by atoms with Crippen LogP contribution >= 0.6 is 0 Å². The minimum Gasteiger partial charge on any atom is -0.324 e. The van der Waals surface area contributed by atoms with Crippen LogP contribution in [0.25, 0.3) is 0 Å². The van der Waals surface area contributed by atoms with Crippen molar-refractivity contribution >= 4 is 23.2 Å². The highest BCUT2D eigenvalue weighted by Gasteiger charge is 2.23. The van der Waals surface area contributed by atoms with Gasteiger partial charge >= 0.3 is 0 Å². The summed E-state index contributed by atoms with van der Waals surface area (Å²) in [5.74, 6) is 0.0874. The van der Waals surface area contributed by atoms with E-state index in [9.17, 15) is 9.59 Å². The van der Waals surface area contributed by atoms with Gasteiger partial charge in [-0.2, -0.15) is 0 Å². The number of amides is 2. The quantitative estimate of drug-likeness (QED) is 0.778. The molecule has 1 aromatic carbocycles. The van der Waals surface area contributed by atoms with Crippen molar-refractivity contribution in [2.75, 3.05) is 29.9 Å². The monoisotopic (exact) mass is 275 g/mol. The van der Waals surface area contributed by atoms with Crippen LogP contribution in [0.2, 0.25) is 0 Å². The maximum Gasteiger partial charge on any atom is 0.227 e. The first-order valence-corrected chi connectivity index (χ1v) is 7.12. The molecule has 1 aliphatic rings. The van der Waals surface area contributed by atoms with Crippen LogP contribution in [0.1, 0.15) is 26.2 Å². The third-order valence-corrected chi connectivity index (χ3v) is 3.32. The molecule has 2 N–H and O–H groups in total. The van der Waals surface area contributed by atoms with Gasteiger partial charge in [0.25, 0.3) is 0 Å². The van der Waals surface area contributed by atoms with Gasteiger partial charge in [-0.1, -0.05) is 19.1 Å². The van der Waals surface area contributed by atoms with Gasteiger partial charge < -0.3 is 15.5 Å². The summed E-state index contributed by atoms with van der Waals surface area (Å²) in [6.45, 7) is 4.24. The van der Waals surface area contributed by atoms with Crippen molar-refractivity contribution in [2.24, 2.45) is 0 Å². The molecular formula is C15H21N3O2. The molecule has 1 aliphatic heterocycles. The molecular weight excluding hydrogens is 254 g/mol. The summed E-state index contributed by atoms with van der Waals surface area (Å²) < 4.78 is 0. The largest absolute Gasteiger partial charge is 0.324 e. The van der Waals surface area contributed by atoms with Crippen molar-refractivity contribution in [1.29, 1.82) is 0 Å². The maximum absolute atomic E-state index is 11.9. The van der Waals surface area contributed by atoms with Crippen molar-refractivity contribution in [1.82, 2.24) is 5.32 Å². The fourth-order valence-corrected chi connectivity index (χ4v) is 2.31. The molecule has 0 bridgehead atoms. The summed E-state index contributed by atoms with van der Waals surface area (Å²) in [4.78, 5) is 25.5. The molecule has 0 saturated carbocycles. The first-order valence-electron chi connectivity index (χ1n) is 7.12. The van der Waals surface area contributed by atoms with E-state index in [2.05, 4.69) is 10.6 Å². The standard InChI is InChI=1S/C15H21N3O2/c1-2-16-10-9-14(19)17-12-6-3-4-7-13(12)18-11-5-8-15(18)20/h3-4,6-7,16H,2,5,8-11H2,1H3,(H,17,19). The Balaban J connectivity index is 2.04. The second-order valence-corrected chi connectivity index (χ2v) is 4.82. The van der Waals surface area contributed by atoms with E-state index < -0.39 is 0 Å². The Kier molecular flexibility index (Phi) is 5.12. The average Bonchev–Trinajstić information content (AvgIpc) is 2.86. The molecule has 0 unspecified atom stereocenters. The van der Waals surface area contributed by atoms with Gasteiger partial charge in [0.1, 0.15) is 0 Å². The van der Waals surface area contributed by atoms with Crippen molar-refractivity contribution in [3.05, 3.63) is 24.3 Å². The Morgan fingerprint density at radius 3 is 2.85 bits per heavy atom. The van der Waals surface area contributed by atoms with Crippen LogP contribution in [-0.4, -0.2) is 31.4 Å². The lowest BCUT2D eigenvalue weighted by atomic mass is 10.2. The van der Waals surface area contributed by atoms with Crippen LogP contribution in [0.15, 0.2) is 24.3 Å². The van der Waals surface area contributed by atoms with Crippen LogP contribution in [0.5, 0.6) is 0 Å². The van der Waals surface area contributed by atoms with Gasteiger partial charge in [-0.25, -0.2) is 0 Å². The Morgan fingerprint density at radius 1 is 1.35 bits per heavy atom. The molecule has 2 rings (SSSR count). The summed E-state index contributed by atoms with van der Waals surface area (Å²) in [7, 11) is 0. The minimum atomic E-state index is -0.0370. The first kappa shape index (κ1) is 14.5. The van der Waals surface area contributed by atoms with Crippen molar-refractivity contribution < 1.29 is 9.59 Å².